The third kappa shape index (κ3) is 3.78. The molecule has 0 saturated carbocycles. The zero-order chi connectivity index (χ0) is 16.9. The van der Waals surface area contributed by atoms with Crippen molar-refractivity contribution in [3.8, 4) is 0 Å². The lowest BCUT2D eigenvalue weighted by atomic mass is 9.90. The van der Waals surface area contributed by atoms with Gasteiger partial charge in [-0.15, -0.1) is 0 Å². The lowest BCUT2D eigenvalue weighted by Crippen LogP contribution is -2.47. The molecule has 4 heterocycles. The maximum atomic E-state index is 4.34. The molecule has 0 spiro atoms. The fourth-order valence-electron chi connectivity index (χ4n) is 4.53. The molecule has 0 N–H and O–H groups in total. The third-order valence-corrected chi connectivity index (χ3v) is 5.75. The van der Waals surface area contributed by atoms with E-state index in [2.05, 4.69) is 44.0 Å². The Balaban J connectivity index is 1.52. The minimum Gasteiger partial charge on any atom is -0.367 e. The summed E-state index contributed by atoms with van der Waals surface area (Å²) in [5.74, 6) is 0. The number of aromatic nitrogens is 2. The Hall–Kier alpha value is -2.10. The predicted octanol–water partition coefficient (Wildman–Crippen LogP) is 4.28. The summed E-state index contributed by atoms with van der Waals surface area (Å²) in [6.45, 7) is 2.33. The SMILES string of the molecule is c1cncc(N2CCCCC2CC2CCCCN2c2cccnc2)c1. The smallest absolute Gasteiger partial charge is 0.0555 e. The topological polar surface area (TPSA) is 32.3 Å². The minimum atomic E-state index is 0.625. The zero-order valence-corrected chi connectivity index (χ0v) is 14.9. The van der Waals surface area contributed by atoms with Crippen LogP contribution in [0, 0.1) is 0 Å². The first-order valence-electron chi connectivity index (χ1n) is 9.75. The van der Waals surface area contributed by atoms with Crippen LogP contribution in [0.3, 0.4) is 0 Å². The summed E-state index contributed by atoms with van der Waals surface area (Å²) < 4.78 is 0. The molecule has 132 valence electrons. The van der Waals surface area contributed by atoms with Gasteiger partial charge < -0.3 is 9.80 Å². The molecule has 2 unspecified atom stereocenters. The summed E-state index contributed by atoms with van der Waals surface area (Å²) in [4.78, 5) is 13.9. The molecular weight excluding hydrogens is 308 g/mol. The van der Waals surface area contributed by atoms with E-state index in [9.17, 15) is 0 Å². The standard InChI is InChI=1S/C21H28N4/c1-3-13-24(20-9-5-11-22-16-20)18(7-1)15-19-8-2-4-14-25(19)21-10-6-12-23-17-21/h5-6,9-12,16-19H,1-4,7-8,13-15H2. The van der Waals surface area contributed by atoms with Crippen molar-refractivity contribution in [2.45, 2.75) is 57.0 Å². The summed E-state index contributed by atoms with van der Waals surface area (Å²) >= 11 is 0. The molecule has 25 heavy (non-hydrogen) atoms. The van der Waals surface area contributed by atoms with Crippen LogP contribution in [0.5, 0.6) is 0 Å². The van der Waals surface area contributed by atoms with E-state index in [1.54, 1.807) is 0 Å². The third-order valence-electron chi connectivity index (χ3n) is 5.75. The summed E-state index contributed by atoms with van der Waals surface area (Å²) in [7, 11) is 0. The molecule has 2 saturated heterocycles. The first-order valence-corrected chi connectivity index (χ1v) is 9.75. The van der Waals surface area contributed by atoms with E-state index in [0.29, 0.717) is 12.1 Å². The fourth-order valence-corrected chi connectivity index (χ4v) is 4.53. The van der Waals surface area contributed by atoms with Crippen molar-refractivity contribution in [3.63, 3.8) is 0 Å². The van der Waals surface area contributed by atoms with Gasteiger partial charge in [-0.1, -0.05) is 0 Å². The lowest BCUT2D eigenvalue weighted by Gasteiger charge is -2.44. The highest BCUT2D eigenvalue weighted by Crippen LogP contribution is 2.32. The van der Waals surface area contributed by atoms with Gasteiger partial charge in [0.25, 0.3) is 0 Å². The van der Waals surface area contributed by atoms with Gasteiger partial charge in [-0.2, -0.15) is 0 Å². The number of hydrogen-bond donors (Lipinski definition) is 0. The van der Waals surface area contributed by atoms with Crippen LogP contribution in [0.2, 0.25) is 0 Å². The summed E-state index contributed by atoms with van der Waals surface area (Å²) in [6.07, 6.45) is 16.9. The van der Waals surface area contributed by atoms with Gasteiger partial charge in [-0.3, -0.25) is 9.97 Å². The Bertz CT molecular complexity index is 588. The van der Waals surface area contributed by atoms with Crippen molar-refractivity contribution in [2.75, 3.05) is 22.9 Å². The zero-order valence-electron chi connectivity index (χ0n) is 14.9. The van der Waals surface area contributed by atoms with E-state index in [4.69, 9.17) is 0 Å². The molecule has 2 aromatic rings. The molecule has 0 aliphatic carbocycles. The van der Waals surface area contributed by atoms with Crippen LogP contribution in [0.4, 0.5) is 11.4 Å². The number of nitrogens with zero attached hydrogens (tertiary/aromatic N) is 4. The van der Waals surface area contributed by atoms with Crippen LogP contribution in [0.25, 0.3) is 0 Å². The molecule has 2 aromatic heterocycles. The predicted molar refractivity (Wildman–Crippen MR) is 103 cm³/mol. The second kappa shape index (κ2) is 7.85. The molecule has 0 aromatic carbocycles. The first kappa shape index (κ1) is 16.4. The highest BCUT2D eigenvalue weighted by atomic mass is 15.2. The number of piperidine rings is 2. The maximum absolute atomic E-state index is 4.34. The average Bonchev–Trinajstić information content (AvgIpc) is 2.70. The molecular formula is C21H28N4. The van der Waals surface area contributed by atoms with Crippen molar-refractivity contribution in [3.05, 3.63) is 49.1 Å². The van der Waals surface area contributed by atoms with Gasteiger partial charge >= 0.3 is 0 Å². The fraction of sp³-hybridized carbons (Fsp3) is 0.524. The summed E-state index contributed by atoms with van der Waals surface area (Å²) in [5.41, 5.74) is 2.58. The molecule has 0 amide bonds. The Morgan fingerprint density at radius 3 is 1.72 bits per heavy atom. The number of pyridine rings is 2. The Morgan fingerprint density at radius 1 is 0.760 bits per heavy atom. The van der Waals surface area contributed by atoms with Crippen LogP contribution >= 0.6 is 0 Å². The molecule has 2 aliphatic heterocycles. The lowest BCUT2D eigenvalue weighted by molar-refractivity contribution is 0.361. The number of anilines is 2. The van der Waals surface area contributed by atoms with E-state index < -0.39 is 0 Å². The summed E-state index contributed by atoms with van der Waals surface area (Å²) in [6, 6.07) is 9.80. The minimum absolute atomic E-state index is 0.625. The first-order chi connectivity index (χ1) is 12.4. The summed E-state index contributed by atoms with van der Waals surface area (Å²) in [5, 5.41) is 0. The Morgan fingerprint density at radius 2 is 1.28 bits per heavy atom. The average molecular weight is 336 g/mol. The second-order valence-electron chi connectivity index (χ2n) is 7.34. The highest BCUT2D eigenvalue weighted by Gasteiger charge is 2.30. The van der Waals surface area contributed by atoms with Crippen LogP contribution in [-0.4, -0.2) is 35.1 Å². The second-order valence-corrected chi connectivity index (χ2v) is 7.34. The van der Waals surface area contributed by atoms with Crippen LogP contribution in [0.15, 0.2) is 49.1 Å². The molecule has 0 bridgehead atoms. The molecule has 2 fully saturated rings. The molecule has 2 aliphatic rings. The largest absolute Gasteiger partial charge is 0.367 e. The van der Waals surface area contributed by atoms with Gasteiger partial charge in [0.1, 0.15) is 0 Å². The number of rotatable bonds is 4. The van der Waals surface area contributed by atoms with Crippen LogP contribution in [-0.2, 0) is 0 Å². The Labute approximate surface area is 150 Å². The normalized spacial score (nSPS) is 24.3. The number of hydrogen-bond acceptors (Lipinski definition) is 4. The van der Waals surface area contributed by atoms with Gasteiger partial charge in [-0.05, 0) is 69.2 Å². The quantitative estimate of drug-likeness (QED) is 0.834. The van der Waals surface area contributed by atoms with Gasteiger partial charge in [-0.25, -0.2) is 0 Å². The van der Waals surface area contributed by atoms with E-state index in [1.165, 1.54) is 56.3 Å². The van der Waals surface area contributed by atoms with E-state index >= 15 is 0 Å². The molecule has 4 rings (SSSR count). The van der Waals surface area contributed by atoms with E-state index in [0.717, 1.165) is 13.1 Å². The monoisotopic (exact) mass is 336 g/mol. The highest BCUT2D eigenvalue weighted by molar-refractivity contribution is 5.47. The van der Waals surface area contributed by atoms with Gasteiger partial charge in [0.05, 0.1) is 23.8 Å². The van der Waals surface area contributed by atoms with Gasteiger partial charge in [0, 0.05) is 37.6 Å². The van der Waals surface area contributed by atoms with Crippen molar-refractivity contribution >= 4 is 11.4 Å². The van der Waals surface area contributed by atoms with Crippen molar-refractivity contribution < 1.29 is 0 Å². The maximum Gasteiger partial charge on any atom is 0.0555 e. The van der Waals surface area contributed by atoms with Gasteiger partial charge in [0.2, 0.25) is 0 Å². The van der Waals surface area contributed by atoms with Crippen molar-refractivity contribution in [1.82, 2.24) is 9.97 Å². The Kier molecular flexibility index (Phi) is 5.14. The van der Waals surface area contributed by atoms with E-state index in [1.807, 2.05) is 24.8 Å². The molecule has 2 atom stereocenters. The van der Waals surface area contributed by atoms with Crippen molar-refractivity contribution in [1.29, 1.82) is 0 Å². The van der Waals surface area contributed by atoms with Gasteiger partial charge in [0.15, 0.2) is 0 Å². The van der Waals surface area contributed by atoms with Crippen LogP contribution in [0.1, 0.15) is 44.9 Å². The molecule has 0 radical (unpaired) electrons. The van der Waals surface area contributed by atoms with E-state index in [-0.39, 0.29) is 0 Å². The van der Waals surface area contributed by atoms with Crippen molar-refractivity contribution in [2.24, 2.45) is 0 Å². The van der Waals surface area contributed by atoms with Crippen LogP contribution < -0.4 is 9.80 Å². The molecule has 4 nitrogen and oxygen atoms in total. The molecule has 4 heteroatoms.